The van der Waals surface area contributed by atoms with Gasteiger partial charge in [0.25, 0.3) is 5.91 Å². The number of carbonyl (C=O) groups is 1. The standard InChI is InChI=1S/C21H26N2O4/c1-14-5-8-19(22-12-14)27-18-9-10-23(20(18)24)16-6-7-17(15(2)11-16)26-13-21(3,4)25/h5-8,11-12,18,25H,9-10,13H2,1-4H3. The van der Waals surface area contributed by atoms with Crippen molar-refractivity contribution in [1.29, 1.82) is 0 Å². The van der Waals surface area contributed by atoms with E-state index in [1.54, 1.807) is 31.0 Å². The van der Waals surface area contributed by atoms with E-state index < -0.39 is 11.7 Å². The van der Waals surface area contributed by atoms with E-state index >= 15 is 0 Å². The summed E-state index contributed by atoms with van der Waals surface area (Å²) in [5.41, 5.74) is 1.87. The minimum Gasteiger partial charge on any atom is -0.490 e. The lowest BCUT2D eigenvalue weighted by Crippen LogP contribution is -2.32. The van der Waals surface area contributed by atoms with Crippen LogP contribution in [0.15, 0.2) is 36.5 Å². The number of nitrogens with zero attached hydrogens (tertiary/aromatic N) is 2. The molecule has 1 amide bonds. The van der Waals surface area contributed by atoms with Crippen molar-refractivity contribution in [2.24, 2.45) is 0 Å². The Morgan fingerprint density at radius 1 is 1.26 bits per heavy atom. The molecule has 1 N–H and O–H groups in total. The van der Waals surface area contributed by atoms with Gasteiger partial charge in [-0.3, -0.25) is 4.79 Å². The van der Waals surface area contributed by atoms with Gasteiger partial charge >= 0.3 is 0 Å². The third-order valence-electron chi connectivity index (χ3n) is 4.35. The number of aryl methyl sites for hydroxylation is 2. The molecule has 1 unspecified atom stereocenters. The predicted octanol–water partition coefficient (Wildman–Crippen LogP) is 3.03. The van der Waals surface area contributed by atoms with Crippen LogP contribution < -0.4 is 14.4 Å². The number of aromatic nitrogens is 1. The molecule has 0 spiro atoms. The quantitative estimate of drug-likeness (QED) is 0.846. The van der Waals surface area contributed by atoms with Gasteiger partial charge in [-0.15, -0.1) is 0 Å². The number of amides is 1. The first kappa shape index (κ1) is 19.2. The molecule has 1 fully saturated rings. The second-order valence-electron chi connectivity index (χ2n) is 7.61. The van der Waals surface area contributed by atoms with Crippen LogP contribution in [0.2, 0.25) is 0 Å². The number of ether oxygens (including phenoxy) is 2. The van der Waals surface area contributed by atoms with Gasteiger partial charge < -0.3 is 19.5 Å². The average molecular weight is 370 g/mol. The van der Waals surface area contributed by atoms with Crippen molar-refractivity contribution in [3.8, 4) is 11.6 Å². The van der Waals surface area contributed by atoms with E-state index in [2.05, 4.69) is 4.98 Å². The zero-order valence-electron chi connectivity index (χ0n) is 16.2. The number of hydrogen-bond acceptors (Lipinski definition) is 5. The zero-order valence-corrected chi connectivity index (χ0v) is 16.2. The molecule has 1 aromatic heterocycles. The van der Waals surface area contributed by atoms with Crippen molar-refractivity contribution in [3.05, 3.63) is 47.7 Å². The minimum atomic E-state index is -0.898. The molecule has 6 nitrogen and oxygen atoms in total. The third-order valence-corrected chi connectivity index (χ3v) is 4.35. The monoisotopic (exact) mass is 370 g/mol. The third kappa shape index (κ3) is 4.77. The van der Waals surface area contributed by atoms with Crippen LogP contribution in [-0.2, 0) is 4.79 Å². The molecule has 1 aliphatic heterocycles. The molecule has 3 rings (SSSR count). The first-order chi connectivity index (χ1) is 12.7. The molecule has 144 valence electrons. The maximum Gasteiger partial charge on any atom is 0.268 e. The number of benzene rings is 1. The van der Waals surface area contributed by atoms with Crippen molar-refractivity contribution in [2.75, 3.05) is 18.1 Å². The Hall–Kier alpha value is -2.60. The first-order valence-electron chi connectivity index (χ1n) is 9.09. The topological polar surface area (TPSA) is 71.9 Å². The molecule has 6 heteroatoms. The van der Waals surface area contributed by atoms with E-state index in [1.165, 1.54) is 0 Å². The SMILES string of the molecule is Cc1ccc(OC2CCN(c3ccc(OCC(C)(C)O)c(C)c3)C2=O)nc1. The first-order valence-corrected chi connectivity index (χ1v) is 9.09. The lowest BCUT2D eigenvalue weighted by Gasteiger charge is -2.21. The average Bonchev–Trinajstić information content (AvgIpc) is 2.96. The molecule has 27 heavy (non-hydrogen) atoms. The molecule has 2 aromatic rings. The van der Waals surface area contributed by atoms with Crippen molar-refractivity contribution in [1.82, 2.24) is 4.98 Å². The van der Waals surface area contributed by atoms with Gasteiger partial charge in [-0.1, -0.05) is 6.07 Å². The molecule has 0 aliphatic carbocycles. The smallest absolute Gasteiger partial charge is 0.268 e. The Balaban J connectivity index is 1.67. The summed E-state index contributed by atoms with van der Waals surface area (Å²) < 4.78 is 11.4. The highest BCUT2D eigenvalue weighted by Gasteiger charge is 2.34. The lowest BCUT2D eigenvalue weighted by atomic mass is 10.1. The van der Waals surface area contributed by atoms with Gasteiger partial charge in [0.05, 0.1) is 5.60 Å². The molecule has 0 radical (unpaired) electrons. The second-order valence-corrected chi connectivity index (χ2v) is 7.61. The summed E-state index contributed by atoms with van der Waals surface area (Å²) in [6, 6.07) is 9.31. The molecule has 1 aliphatic rings. The van der Waals surface area contributed by atoms with Gasteiger partial charge in [0.2, 0.25) is 5.88 Å². The number of rotatable bonds is 6. The van der Waals surface area contributed by atoms with E-state index in [9.17, 15) is 9.90 Å². The molecule has 0 bridgehead atoms. The molecule has 1 aromatic carbocycles. The summed E-state index contributed by atoms with van der Waals surface area (Å²) in [5, 5.41) is 9.80. The fraction of sp³-hybridized carbons (Fsp3) is 0.429. The highest BCUT2D eigenvalue weighted by Crippen LogP contribution is 2.29. The number of anilines is 1. The summed E-state index contributed by atoms with van der Waals surface area (Å²) in [4.78, 5) is 18.7. The summed E-state index contributed by atoms with van der Waals surface area (Å²) >= 11 is 0. The van der Waals surface area contributed by atoms with E-state index in [0.717, 1.165) is 16.8 Å². The fourth-order valence-electron chi connectivity index (χ4n) is 2.91. The maximum absolute atomic E-state index is 12.7. The maximum atomic E-state index is 12.7. The van der Waals surface area contributed by atoms with Crippen molar-refractivity contribution in [2.45, 2.75) is 45.8 Å². The van der Waals surface area contributed by atoms with Gasteiger partial charge in [0.1, 0.15) is 12.4 Å². The van der Waals surface area contributed by atoms with Crippen LogP contribution in [0.25, 0.3) is 0 Å². The zero-order chi connectivity index (χ0) is 19.6. The van der Waals surface area contributed by atoms with E-state index in [-0.39, 0.29) is 12.5 Å². The van der Waals surface area contributed by atoms with Crippen molar-refractivity contribution < 1.29 is 19.4 Å². The normalized spacial score (nSPS) is 17.3. The molecule has 2 heterocycles. The Kier molecular flexibility index (Phi) is 5.37. The molecule has 1 saturated heterocycles. The summed E-state index contributed by atoms with van der Waals surface area (Å²) in [6.45, 7) is 8.07. The van der Waals surface area contributed by atoms with Crippen LogP contribution in [0.4, 0.5) is 5.69 Å². The number of carbonyl (C=O) groups excluding carboxylic acids is 1. The van der Waals surface area contributed by atoms with Gasteiger partial charge in [0.15, 0.2) is 6.10 Å². The van der Waals surface area contributed by atoms with Crippen LogP contribution in [0.3, 0.4) is 0 Å². The van der Waals surface area contributed by atoms with Gasteiger partial charge in [0, 0.05) is 30.9 Å². The number of aliphatic hydroxyl groups is 1. The Morgan fingerprint density at radius 3 is 2.67 bits per heavy atom. The predicted molar refractivity (Wildman–Crippen MR) is 103 cm³/mol. The largest absolute Gasteiger partial charge is 0.490 e. The highest BCUT2D eigenvalue weighted by molar-refractivity contribution is 5.99. The van der Waals surface area contributed by atoms with Crippen LogP contribution in [-0.4, -0.2) is 40.9 Å². The lowest BCUT2D eigenvalue weighted by molar-refractivity contribution is -0.123. The highest BCUT2D eigenvalue weighted by atomic mass is 16.5. The van der Waals surface area contributed by atoms with Gasteiger partial charge in [-0.05, 0) is 57.0 Å². The fourth-order valence-corrected chi connectivity index (χ4v) is 2.91. The van der Waals surface area contributed by atoms with Crippen LogP contribution >= 0.6 is 0 Å². The summed E-state index contributed by atoms with van der Waals surface area (Å²) in [5.74, 6) is 1.10. The van der Waals surface area contributed by atoms with Crippen molar-refractivity contribution in [3.63, 3.8) is 0 Å². The minimum absolute atomic E-state index is 0.0677. The molecule has 0 saturated carbocycles. The van der Waals surface area contributed by atoms with Crippen LogP contribution in [0.1, 0.15) is 31.4 Å². The van der Waals surface area contributed by atoms with E-state index in [1.807, 2.05) is 38.1 Å². The van der Waals surface area contributed by atoms with Crippen molar-refractivity contribution >= 4 is 11.6 Å². The second kappa shape index (κ2) is 7.56. The molecular formula is C21H26N2O4. The Bertz CT molecular complexity index is 812. The summed E-state index contributed by atoms with van der Waals surface area (Å²) in [7, 11) is 0. The number of pyridine rings is 1. The molecule has 1 atom stereocenters. The summed E-state index contributed by atoms with van der Waals surface area (Å²) in [6.07, 6.45) is 1.82. The van der Waals surface area contributed by atoms with E-state index in [4.69, 9.17) is 9.47 Å². The van der Waals surface area contributed by atoms with Gasteiger partial charge in [-0.2, -0.15) is 0 Å². The van der Waals surface area contributed by atoms with Crippen LogP contribution in [0.5, 0.6) is 11.6 Å². The Morgan fingerprint density at radius 2 is 2.04 bits per heavy atom. The van der Waals surface area contributed by atoms with E-state index in [0.29, 0.717) is 24.6 Å². The van der Waals surface area contributed by atoms with Crippen LogP contribution in [0, 0.1) is 13.8 Å². The molecular weight excluding hydrogens is 344 g/mol. The van der Waals surface area contributed by atoms with Gasteiger partial charge in [-0.25, -0.2) is 4.98 Å². The Labute approximate surface area is 159 Å². The number of hydrogen-bond donors (Lipinski definition) is 1.